The van der Waals surface area contributed by atoms with E-state index in [0.29, 0.717) is 24.7 Å². The molecular weight excluding hydrogens is 366 g/mol. The average Bonchev–Trinajstić information content (AvgIpc) is 2.72. The van der Waals surface area contributed by atoms with Gasteiger partial charge in [-0.25, -0.2) is 9.59 Å². The van der Waals surface area contributed by atoms with E-state index in [9.17, 15) is 14.4 Å². The number of hydrogen-bond donors (Lipinski definition) is 1. The van der Waals surface area contributed by atoms with Gasteiger partial charge in [0, 0.05) is 5.69 Å². The summed E-state index contributed by atoms with van der Waals surface area (Å²) >= 11 is 0. The van der Waals surface area contributed by atoms with Crippen LogP contribution in [0.4, 0.5) is 5.69 Å². The fourth-order valence-electron chi connectivity index (χ4n) is 2.76. The van der Waals surface area contributed by atoms with Crippen molar-refractivity contribution in [3.63, 3.8) is 0 Å². The molecule has 2 aromatic carbocycles. The lowest BCUT2D eigenvalue weighted by atomic mass is 10.1. The number of rotatable bonds is 5. The number of carbonyl (C=O) groups excluding carboxylic acids is 3. The standard InChI is InChI=1S/C20H19NO7/c1-25-19(23)13-9-14(20(24)26-2)11-15(10-13)21-18(22)8-12-3-4-16-17(7-12)28-6-5-27-16/h3-4,7,9-11H,5-6,8H2,1-2H3,(H,21,22). The average molecular weight is 385 g/mol. The van der Waals surface area contributed by atoms with Crippen LogP contribution in [0.25, 0.3) is 0 Å². The topological polar surface area (TPSA) is 100 Å². The summed E-state index contributed by atoms with van der Waals surface area (Å²) in [6.07, 6.45) is 0.0760. The maximum Gasteiger partial charge on any atom is 0.337 e. The first-order valence-corrected chi connectivity index (χ1v) is 8.50. The molecular formula is C20H19NO7. The molecule has 8 heteroatoms. The second-order valence-electron chi connectivity index (χ2n) is 5.99. The van der Waals surface area contributed by atoms with Gasteiger partial charge in [0.25, 0.3) is 0 Å². The molecule has 0 unspecified atom stereocenters. The molecule has 1 amide bonds. The van der Waals surface area contributed by atoms with Gasteiger partial charge in [-0.2, -0.15) is 0 Å². The molecule has 0 saturated heterocycles. The number of benzene rings is 2. The number of hydrogen-bond acceptors (Lipinski definition) is 7. The Morgan fingerprint density at radius 2 is 1.50 bits per heavy atom. The third-order valence-corrected chi connectivity index (χ3v) is 4.03. The summed E-state index contributed by atoms with van der Waals surface area (Å²) < 4.78 is 20.3. The number of methoxy groups -OCH3 is 2. The number of carbonyl (C=O) groups is 3. The number of nitrogens with one attached hydrogen (secondary N) is 1. The van der Waals surface area contributed by atoms with Crippen LogP contribution < -0.4 is 14.8 Å². The van der Waals surface area contributed by atoms with Gasteiger partial charge in [0.1, 0.15) is 13.2 Å². The zero-order valence-electron chi connectivity index (χ0n) is 15.4. The molecule has 146 valence electrons. The van der Waals surface area contributed by atoms with Gasteiger partial charge in [0.05, 0.1) is 31.8 Å². The quantitative estimate of drug-likeness (QED) is 0.788. The van der Waals surface area contributed by atoms with Crippen LogP contribution >= 0.6 is 0 Å². The van der Waals surface area contributed by atoms with Crippen molar-refractivity contribution in [2.45, 2.75) is 6.42 Å². The van der Waals surface area contributed by atoms with Gasteiger partial charge in [0.2, 0.25) is 5.91 Å². The fraction of sp³-hybridized carbons (Fsp3) is 0.250. The summed E-state index contributed by atoms with van der Waals surface area (Å²) in [5, 5.41) is 2.68. The minimum absolute atomic E-state index is 0.0760. The van der Waals surface area contributed by atoms with Crippen molar-refractivity contribution in [3.05, 3.63) is 53.1 Å². The maximum absolute atomic E-state index is 12.4. The first-order chi connectivity index (χ1) is 13.5. The molecule has 0 spiro atoms. The van der Waals surface area contributed by atoms with Crippen molar-refractivity contribution in [2.24, 2.45) is 0 Å². The zero-order chi connectivity index (χ0) is 20.1. The van der Waals surface area contributed by atoms with Gasteiger partial charge in [-0.3, -0.25) is 4.79 Å². The van der Waals surface area contributed by atoms with Crippen molar-refractivity contribution in [1.29, 1.82) is 0 Å². The third kappa shape index (κ3) is 4.40. The summed E-state index contributed by atoms with van der Waals surface area (Å²) in [6, 6.07) is 9.48. The Morgan fingerprint density at radius 3 is 2.11 bits per heavy atom. The third-order valence-electron chi connectivity index (χ3n) is 4.03. The number of amides is 1. The van der Waals surface area contributed by atoms with Crippen LogP contribution in [0.2, 0.25) is 0 Å². The van der Waals surface area contributed by atoms with Crippen molar-refractivity contribution in [2.75, 3.05) is 32.8 Å². The van der Waals surface area contributed by atoms with E-state index in [1.807, 2.05) is 0 Å². The van der Waals surface area contributed by atoms with Gasteiger partial charge in [-0.1, -0.05) is 6.07 Å². The summed E-state index contributed by atoms with van der Waals surface area (Å²) in [4.78, 5) is 36.1. The molecule has 1 N–H and O–H groups in total. The SMILES string of the molecule is COC(=O)c1cc(NC(=O)Cc2ccc3c(c2)OCCO3)cc(C(=O)OC)c1. The van der Waals surface area contributed by atoms with Crippen molar-refractivity contribution >= 4 is 23.5 Å². The molecule has 28 heavy (non-hydrogen) atoms. The van der Waals surface area contributed by atoms with Crippen LogP contribution in [0.3, 0.4) is 0 Å². The Morgan fingerprint density at radius 1 is 0.893 bits per heavy atom. The first kappa shape index (κ1) is 19.2. The van der Waals surface area contributed by atoms with Gasteiger partial charge in [-0.05, 0) is 35.9 Å². The normalized spacial score (nSPS) is 12.1. The number of ether oxygens (including phenoxy) is 4. The van der Waals surface area contributed by atoms with Crippen molar-refractivity contribution in [1.82, 2.24) is 0 Å². The van der Waals surface area contributed by atoms with Crippen LogP contribution in [0.5, 0.6) is 11.5 Å². The second-order valence-corrected chi connectivity index (χ2v) is 5.99. The molecule has 0 fully saturated rings. The van der Waals surface area contributed by atoms with Crippen LogP contribution in [-0.4, -0.2) is 45.3 Å². The van der Waals surface area contributed by atoms with E-state index in [2.05, 4.69) is 14.8 Å². The minimum atomic E-state index is -0.631. The van der Waals surface area contributed by atoms with E-state index in [1.54, 1.807) is 18.2 Å². The number of esters is 2. The highest BCUT2D eigenvalue weighted by atomic mass is 16.6. The van der Waals surface area contributed by atoms with Crippen LogP contribution in [0, 0.1) is 0 Å². The van der Waals surface area contributed by atoms with Gasteiger partial charge < -0.3 is 24.3 Å². The van der Waals surface area contributed by atoms with Crippen LogP contribution in [0.15, 0.2) is 36.4 Å². The Hall–Kier alpha value is -3.55. The molecule has 0 aromatic heterocycles. The van der Waals surface area contributed by atoms with Gasteiger partial charge in [0.15, 0.2) is 11.5 Å². The first-order valence-electron chi connectivity index (χ1n) is 8.50. The van der Waals surface area contributed by atoms with E-state index in [-0.39, 0.29) is 29.1 Å². The maximum atomic E-state index is 12.4. The molecule has 0 atom stereocenters. The monoisotopic (exact) mass is 385 g/mol. The molecule has 0 aliphatic carbocycles. The molecule has 8 nitrogen and oxygen atoms in total. The lowest BCUT2D eigenvalue weighted by Crippen LogP contribution is -2.17. The van der Waals surface area contributed by atoms with E-state index in [1.165, 1.54) is 32.4 Å². The molecule has 1 aliphatic rings. The predicted octanol–water partition coefficient (Wildman–Crippen LogP) is 2.21. The highest BCUT2D eigenvalue weighted by Crippen LogP contribution is 2.31. The largest absolute Gasteiger partial charge is 0.486 e. The zero-order valence-corrected chi connectivity index (χ0v) is 15.4. The Kier molecular flexibility index (Phi) is 5.78. The van der Waals surface area contributed by atoms with E-state index in [0.717, 1.165) is 5.56 Å². The molecule has 2 aromatic rings. The molecule has 3 rings (SSSR count). The van der Waals surface area contributed by atoms with Crippen molar-refractivity contribution < 1.29 is 33.3 Å². The minimum Gasteiger partial charge on any atom is -0.486 e. The molecule has 1 aliphatic heterocycles. The van der Waals surface area contributed by atoms with Crippen LogP contribution in [0.1, 0.15) is 26.3 Å². The smallest absolute Gasteiger partial charge is 0.337 e. The summed E-state index contributed by atoms with van der Waals surface area (Å²) in [5.74, 6) is -0.350. The number of fused-ring (bicyclic) bond motifs is 1. The fourth-order valence-corrected chi connectivity index (χ4v) is 2.76. The molecule has 0 radical (unpaired) electrons. The van der Waals surface area contributed by atoms with E-state index >= 15 is 0 Å². The Labute approximate surface area is 161 Å². The van der Waals surface area contributed by atoms with Crippen LogP contribution in [-0.2, 0) is 20.7 Å². The van der Waals surface area contributed by atoms with Gasteiger partial charge >= 0.3 is 11.9 Å². The highest BCUT2D eigenvalue weighted by molar-refractivity contribution is 5.99. The summed E-state index contributed by atoms with van der Waals surface area (Å²) in [7, 11) is 2.46. The van der Waals surface area contributed by atoms with Crippen molar-refractivity contribution in [3.8, 4) is 11.5 Å². The highest BCUT2D eigenvalue weighted by Gasteiger charge is 2.16. The number of anilines is 1. The Bertz CT molecular complexity index is 889. The van der Waals surface area contributed by atoms with E-state index in [4.69, 9.17) is 9.47 Å². The summed E-state index contributed by atoms with van der Waals surface area (Å²) in [5.41, 5.74) is 1.27. The molecule has 0 saturated carbocycles. The van der Waals surface area contributed by atoms with Gasteiger partial charge in [-0.15, -0.1) is 0 Å². The second kappa shape index (κ2) is 8.43. The predicted molar refractivity (Wildman–Crippen MR) is 98.9 cm³/mol. The lowest BCUT2D eigenvalue weighted by molar-refractivity contribution is -0.115. The Balaban J connectivity index is 1.77. The lowest BCUT2D eigenvalue weighted by Gasteiger charge is -2.18. The molecule has 1 heterocycles. The summed E-state index contributed by atoms with van der Waals surface area (Å²) in [6.45, 7) is 0.950. The van der Waals surface area contributed by atoms with E-state index < -0.39 is 11.9 Å². The molecule has 0 bridgehead atoms.